The lowest BCUT2D eigenvalue weighted by atomic mass is 10.1. The summed E-state index contributed by atoms with van der Waals surface area (Å²) in [6, 6.07) is 4.28. The number of hydrogen-bond acceptors (Lipinski definition) is 1. The highest BCUT2D eigenvalue weighted by Gasteiger charge is 2.14. The lowest BCUT2D eigenvalue weighted by Crippen LogP contribution is -2.03. The van der Waals surface area contributed by atoms with Crippen molar-refractivity contribution >= 4 is 17.4 Å². The van der Waals surface area contributed by atoms with Gasteiger partial charge in [0.2, 0.25) is 0 Å². The number of ketones is 1. The Balaban J connectivity index is 2.89. The minimum atomic E-state index is -0.529. The van der Waals surface area contributed by atoms with E-state index in [0.29, 0.717) is 6.42 Å². The van der Waals surface area contributed by atoms with Gasteiger partial charge in [0, 0.05) is 6.42 Å². The molecular formula is C11H12ClFO. The summed E-state index contributed by atoms with van der Waals surface area (Å²) < 4.78 is 13.2. The van der Waals surface area contributed by atoms with Crippen molar-refractivity contribution in [2.45, 2.75) is 26.2 Å². The van der Waals surface area contributed by atoms with Gasteiger partial charge in [-0.15, -0.1) is 0 Å². The standard InChI is InChI=1S/C11H12ClFO/c1-2-3-7-10(14)11-8(12)5-4-6-9(11)13/h4-6H,2-3,7H2,1H3. The quantitative estimate of drug-likeness (QED) is 0.696. The maximum Gasteiger partial charge on any atom is 0.167 e. The molecule has 1 nitrogen and oxygen atoms in total. The molecule has 0 bridgehead atoms. The predicted octanol–water partition coefficient (Wildman–Crippen LogP) is 3.85. The van der Waals surface area contributed by atoms with Gasteiger partial charge in [-0.2, -0.15) is 0 Å². The van der Waals surface area contributed by atoms with Gasteiger partial charge in [0.05, 0.1) is 10.6 Å². The molecule has 0 aromatic heterocycles. The normalized spacial score (nSPS) is 10.2. The Bertz CT molecular complexity index is 316. The van der Waals surface area contributed by atoms with Crippen LogP contribution in [0.1, 0.15) is 36.5 Å². The van der Waals surface area contributed by atoms with E-state index in [1.807, 2.05) is 6.92 Å². The van der Waals surface area contributed by atoms with Crippen LogP contribution in [0.5, 0.6) is 0 Å². The van der Waals surface area contributed by atoms with Crippen LogP contribution in [-0.2, 0) is 0 Å². The highest BCUT2D eigenvalue weighted by Crippen LogP contribution is 2.21. The van der Waals surface area contributed by atoms with Crippen LogP contribution in [0, 0.1) is 5.82 Å². The van der Waals surface area contributed by atoms with Gasteiger partial charge in [-0.3, -0.25) is 4.79 Å². The summed E-state index contributed by atoms with van der Waals surface area (Å²) in [6.45, 7) is 1.98. The average Bonchev–Trinajstić information content (AvgIpc) is 2.14. The van der Waals surface area contributed by atoms with Crippen LogP contribution in [0.25, 0.3) is 0 Å². The third-order valence-corrected chi connectivity index (χ3v) is 2.31. The second kappa shape index (κ2) is 5.11. The number of hydrogen-bond donors (Lipinski definition) is 0. The molecular weight excluding hydrogens is 203 g/mol. The first-order valence-corrected chi connectivity index (χ1v) is 5.01. The molecule has 0 aliphatic rings. The van der Waals surface area contributed by atoms with E-state index in [0.717, 1.165) is 12.8 Å². The Morgan fingerprint density at radius 1 is 1.50 bits per heavy atom. The predicted molar refractivity (Wildman–Crippen MR) is 55.3 cm³/mol. The lowest BCUT2D eigenvalue weighted by molar-refractivity contribution is 0.0976. The summed E-state index contributed by atoms with van der Waals surface area (Å²) in [5.41, 5.74) is 0.0302. The number of carbonyl (C=O) groups is 1. The molecule has 0 saturated carbocycles. The molecule has 0 radical (unpaired) electrons. The Morgan fingerprint density at radius 3 is 2.79 bits per heavy atom. The van der Waals surface area contributed by atoms with Crippen molar-refractivity contribution in [2.24, 2.45) is 0 Å². The monoisotopic (exact) mass is 214 g/mol. The number of Topliss-reactive ketones (excluding diaryl/α,β-unsaturated/α-hetero) is 1. The summed E-state index contributed by atoms with van der Waals surface area (Å²) in [4.78, 5) is 11.5. The minimum Gasteiger partial charge on any atom is -0.294 e. The van der Waals surface area contributed by atoms with Crippen molar-refractivity contribution in [3.63, 3.8) is 0 Å². The number of halogens is 2. The lowest BCUT2D eigenvalue weighted by Gasteiger charge is -2.03. The highest BCUT2D eigenvalue weighted by atomic mass is 35.5. The molecule has 76 valence electrons. The van der Waals surface area contributed by atoms with Crippen LogP contribution < -0.4 is 0 Å². The van der Waals surface area contributed by atoms with Gasteiger partial charge in [0.1, 0.15) is 5.82 Å². The van der Waals surface area contributed by atoms with E-state index in [1.165, 1.54) is 18.2 Å². The van der Waals surface area contributed by atoms with E-state index >= 15 is 0 Å². The summed E-state index contributed by atoms with van der Waals surface area (Å²) >= 11 is 5.74. The van der Waals surface area contributed by atoms with Gasteiger partial charge in [-0.25, -0.2) is 4.39 Å². The van der Waals surface area contributed by atoms with E-state index in [2.05, 4.69) is 0 Å². The fraction of sp³-hybridized carbons (Fsp3) is 0.364. The molecule has 0 spiro atoms. The number of carbonyl (C=O) groups excluding carboxylic acids is 1. The third-order valence-electron chi connectivity index (χ3n) is 2.00. The second-order valence-corrected chi connectivity index (χ2v) is 3.53. The van der Waals surface area contributed by atoms with E-state index in [4.69, 9.17) is 11.6 Å². The molecule has 1 aromatic rings. The molecule has 0 aliphatic heterocycles. The van der Waals surface area contributed by atoms with Gasteiger partial charge in [-0.1, -0.05) is 31.0 Å². The third kappa shape index (κ3) is 2.55. The van der Waals surface area contributed by atoms with Crippen molar-refractivity contribution in [1.29, 1.82) is 0 Å². The van der Waals surface area contributed by atoms with Gasteiger partial charge in [-0.05, 0) is 18.6 Å². The van der Waals surface area contributed by atoms with Crippen LogP contribution in [0.15, 0.2) is 18.2 Å². The van der Waals surface area contributed by atoms with Gasteiger partial charge >= 0.3 is 0 Å². The Labute approximate surface area is 87.9 Å². The van der Waals surface area contributed by atoms with E-state index < -0.39 is 5.82 Å². The zero-order valence-electron chi connectivity index (χ0n) is 8.02. The average molecular weight is 215 g/mol. The number of unbranched alkanes of at least 4 members (excludes halogenated alkanes) is 1. The molecule has 0 amide bonds. The van der Waals surface area contributed by atoms with Crippen LogP contribution in [0.2, 0.25) is 5.02 Å². The van der Waals surface area contributed by atoms with E-state index in [1.54, 1.807) is 0 Å². The van der Waals surface area contributed by atoms with Crippen LogP contribution in [0.4, 0.5) is 4.39 Å². The van der Waals surface area contributed by atoms with Crippen LogP contribution >= 0.6 is 11.6 Å². The Morgan fingerprint density at radius 2 is 2.21 bits per heavy atom. The summed E-state index contributed by atoms with van der Waals surface area (Å²) in [6.07, 6.45) is 2.04. The first-order chi connectivity index (χ1) is 6.66. The smallest absolute Gasteiger partial charge is 0.167 e. The minimum absolute atomic E-state index is 0.0302. The first kappa shape index (κ1) is 11.2. The maximum absolute atomic E-state index is 13.2. The molecule has 0 unspecified atom stereocenters. The molecule has 3 heteroatoms. The van der Waals surface area contributed by atoms with Crippen LogP contribution in [-0.4, -0.2) is 5.78 Å². The number of rotatable bonds is 4. The van der Waals surface area contributed by atoms with Crippen molar-refractivity contribution in [3.8, 4) is 0 Å². The van der Waals surface area contributed by atoms with Crippen molar-refractivity contribution in [1.82, 2.24) is 0 Å². The molecule has 0 aliphatic carbocycles. The van der Waals surface area contributed by atoms with Crippen molar-refractivity contribution < 1.29 is 9.18 Å². The largest absolute Gasteiger partial charge is 0.294 e. The van der Waals surface area contributed by atoms with Crippen molar-refractivity contribution in [3.05, 3.63) is 34.6 Å². The van der Waals surface area contributed by atoms with Gasteiger partial charge in [0.15, 0.2) is 5.78 Å². The van der Waals surface area contributed by atoms with E-state index in [9.17, 15) is 9.18 Å². The molecule has 0 fully saturated rings. The second-order valence-electron chi connectivity index (χ2n) is 3.12. The molecule has 0 heterocycles. The Hall–Kier alpha value is -0.890. The molecule has 1 aromatic carbocycles. The Kier molecular flexibility index (Phi) is 4.08. The fourth-order valence-electron chi connectivity index (χ4n) is 1.23. The summed E-state index contributed by atoms with van der Waals surface area (Å²) in [7, 11) is 0. The zero-order valence-corrected chi connectivity index (χ0v) is 8.77. The molecule has 0 N–H and O–H groups in total. The highest BCUT2D eigenvalue weighted by molar-refractivity contribution is 6.34. The summed E-state index contributed by atoms with van der Waals surface area (Å²) in [5.74, 6) is -0.742. The molecule has 1 rings (SSSR count). The maximum atomic E-state index is 13.2. The first-order valence-electron chi connectivity index (χ1n) is 4.64. The molecule has 14 heavy (non-hydrogen) atoms. The summed E-state index contributed by atoms with van der Waals surface area (Å²) in [5, 5.41) is 0.200. The molecule has 0 atom stereocenters. The fourth-order valence-corrected chi connectivity index (χ4v) is 1.49. The topological polar surface area (TPSA) is 17.1 Å². The SMILES string of the molecule is CCCCC(=O)c1c(F)cccc1Cl. The van der Waals surface area contributed by atoms with Gasteiger partial charge in [0.25, 0.3) is 0 Å². The van der Waals surface area contributed by atoms with E-state index in [-0.39, 0.29) is 16.4 Å². The van der Waals surface area contributed by atoms with Crippen molar-refractivity contribution in [2.75, 3.05) is 0 Å². The zero-order chi connectivity index (χ0) is 10.6. The molecule has 0 saturated heterocycles. The van der Waals surface area contributed by atoms with Crippen LogP contribution in [0.3, 0.4) is 0 Å². The number of benzene rings is 1. The van der Waals surface area contributed by atoms with Gasteiger partial charge < -0.3 is 0 Å².